The van der Waals surface area contributed by atoms with Crippen molar-refractivity contribution in [2.75, 3.05) is 0 Å². The predicted octanol–water partition coefficient (Wildman–Crippen LogP) is 3.56. The Morgan fingerprint density at radius 1 is 1.06 bits per heavy atom. The van der Waals surface area contributed by atoms with E-state index in [1.165, 1.54) is 32.1 Å². The van der Waals surface area contributed by atoms with Crippen LogP contribution in [-0.2, 0) is 4.79 Å². The number of carbonyl (C=O) groups is 1. The molecular weight excluding hydrogens is 212 g/mol. The summed E-state index contributed by atoms with van der Waals surface area (Å²) in [5.41, 5.74) is -0.00551. The number of carboxylic acid groups (broad SMARTS) is 1. The second kappa shape index (κ2) is 3.73. The molecule has 1 N–H and O–H groups in total. The van der Waals surface area contributed by atoms with Crippen LogP contribution >= 0.6 is 0 Å². The fraction of sp³-hybridized carbons (Fsp3) is 0.933. The quantitative estimate of drug-likeness (QED) is 0.813. The molecular formula is C15H24O2. The van der Waals surface area contributed by atoms with Crippen molar-refractivity contribution in [1.29, 1.82) is 0 Å². The number of hydrogen-bond acceptors (Lipinski definition) is 1. The molecule has 0 saturated heterocycles. The molecule has 2 heteroatoms. The SMILES string of the molecule is CC(C)(CC(=O)O)C1C2CC3CC(C2)CC1C3. The first-order chi connectivity index (χ1) is 7.95. The molecule has 0 spiro atoms. The van der Waals surface area contributed by atoms with Gasteiger partial charge in [0.25, 0.3) is 0 Å². The van der Waals surface area contributed by atoms with E-state index in [4.69, 9.17) is 5.11 Å². The third-order valence-corrected chi connectivity index (χ3v) is 5.74. The van der Waals surface area contributed by atoms with Gasteiger partial charge in [0.15, 0.2) is 0 Å². The van der Waals surface area contributed by atoms with Gasteiger partial charge in [-0.25, -0.2) is 0 Å². The van der Waals surface area contributed by atoms with Gasteiger partial charge in [-0.2, -0.15) is 0 Å². The summed E-state index contributed by atoms with van der Waals surface area (Å²) in [7, 11) is 0. The fourth-order valence-electron chi connectivity index (χ4n) is 5.71. The second-order valence-electron chi connectivity index (χ2n) is 7.52. The van der Waals surface area contributed by atoms with Crippen molar-refractivity contribution in [3.63, 3.8) is 0 Å². The maximum atomic E-state index is 11.1. The molecule has 0 amide bonds. The minimum absolute atomic E-state index is 0.00551. The van der Waals surface area contributed by atoms with Crippen LogP contribution in [0.5, 0.6) is 0 Å². The highest BCUT2D eigenvalue weighted by Crippen LogP contribution is 2.61. The Kier molecular flexibility index (Phi) is 2.53. The van der Waals surface area contributed by atoms with E-state index < -0.39 is 5.97 Å². The van der Waals surface area contributed by atoms with Crippen LogP contribution in [0.15, 0.2) is 0 Å². The summed E-state index contributed by atoms with van der Waals surface area (Å²) in [6.07, 6.45) is 7.38. The molecule has 4 bridgehead atoms. The van der Waals surface area contributed by atoms with Crippen LogP contribution in [0.1, 0.15) is 52.4 Å². The summed E-state index contributed by atoms with van der Waals surface area (Å²) in [6, 6.07) is 0. The molecule has 0 radical (unpaired) electrons. The van der Waals surface area contributed by atoms with E-state index in [1.54, 1.807) is 0 Å². The van der Waals surface area contributed by atoms with Crippen LogP contribution in [-0.4, -0.2) is 11.1 Å². The summed E-state index contributed by atoms with van der Waals surface area (Å²) >= 11 is 0. The van der Waals surface area contributed by atoms with Crippen molar-refractivity contribution >= 4 is 5.97 Å². The van der Waals surface area contributed by atoms with Gasteiger partial charge >= 0.3 is 5.97 Å². The minimum Gasteiger partial charge on any atom is -0.481 e. The predicted molar refractivity (Wildman–Crippen MR) is 66.6 cm³/mol. The lowest BCUT2D eigenvalue weighted by Gasteiger charge is -2.58. The average molecular weight is 236 g/mol. The van der Waals surface area contributed by atoms with E-state index in [1.807, 2.05) is 0 Å². The molecule has 4 rings (SSSR count). The number of aliphatic carboxylic acids is 1. The Bertz CT molecular complexity index is 304. The maximum absolute atomic E-state index is 11.1. The normalized spacial score (nSPS) is 44.0. The van der Waals surface area contributed by atoms with Gasteiger partial charge in [-0.1, -0.05) is 13.8 Å². The van der Waals surface area contributed by atoms with Crippen LogP contribution in [0, 0.1) is 35.0 Å². The number of hydrogen-bond donors (Lipinski definition) is 1. The molecule has 17 heavy (non-hydrogen) atoms. The van der Waals surface area contributed by atoms with Crippen molar-refractivity contribution in [2.45, 2.75) is 52.4 Å². The number of carboxylic acids is 1. The summed E-state index contributed by atoms with van der Waals surface area (Å²) in [6.45, 7) is 4.38. The van der Waals surface area contributed by atoms with E-state index in [9.17, 15) is 4.79 Å². The Morgan fingerprint density at radius 3 is 1.94 bits per heavy atom. The van der Waals surface area contributed by atoms with Gasteiger partial charge in [0.1, 0.15) is 0 Å². The first-order valence-electron chi connectivity index (χ1n) is 7.17. The van der Waals surface area contributed by atoms with Crippen LogP contribution in [0.3, 0.4) is 0 Å². The van der Waals surface area contributed by atoms with Crippen molar-refractivity contribution in [3.05, 3.63) is 0 Å². The molecule has 2 nitrogen and oxygen atoms in total. The highest BCUT2D eigenvalue weighted by atomic mass is 16.4. The van der Waals surface area contributed by atoms with Gasteiger partial charge in [0.05, 0.1) is 6.42 Å². The van der Waals surface area contributed by atoms with Gasteiger partial charge in [-0.05, 0) is 67.1 Å². The zero-order valence-corrected chi connectivity index (χ0v) is 11.0. The van der Waals surface area contributed by atoms with Gasteiger partial charge in [-0.15, -0.1) is 0 Å². The maximum Gasteiger partial charge on any atom is 0.303 e. The second-order valence-corrected chi connectivity index (χ2v) is 7.52. The lowest BCUT2D eigenvalue weighted by Crippen LogP contribution is -2.50. The van der Waals surface area contributed by atoms with Crippen LogP contribution in [0.4, 0.5) is 0 Å². The molecule has 4 aliphatic carbocycles. The summed E-state index contributed by atoms with van der Waals surface area (Å²) in [4.78, 5) is 11.1. The van der Waals surface area contributed by atoms with Crippen LogP contribution in [0.25, 0.3) is 0 Å². The smallest absolute Gasteiger partial charge is 0.303 e. The third kappa shape index (κ3) is 1.90. The van der Waals surface area contributed by atoms with Crippen LogP contribution in [0.2, 0.25) is 0 Å². The molecule has 96 valence electrons. The van der Waals surface area contributed by atoms with Crippen molar-refractivity contribution < 1.29 is 9.90 Å². The highest BCUT2D eigenvalue weighted by Gasteiger charge is 2.52. The van der Waals surface area contributed by atoms with Crippen LogP contribution < -0.4 is 0 Å². The minimum atomic E-state index is -0.621. The molecule has 4 fully saturated rings. The Balaban J connectivity index is 1.81. The van der Waals surface area contributed by atoms with E-state index >= 15 is 0 Å². The summed E-state index contributed by atoms with van der Waals surface area (Å²) in [5, 5.41) is 9.10. The van der Waals surface area contributed by atoms with Crippen molar-refractivity contribution in [2.24, 2.45) is 35.0 Å². The van der Waals surface area contributed by atoms with E-state index in [0.717, 1.165) is 23.7 Å². The molecule has 0 heterocycles. The Labute approximate surface area is 104 Å². The number of rotatable bonds is 3. The molecule has 4 aliphatic rings. The Hall–Kier alpha value is -0.530. The summed E-state index contributed by atoms with van der Waals surface area (Å²) in [5.74, 6) is 3.68. The van der Waals surface area contributed by atoms with E-state index in [-0.39, 0.29) is 5.41 Å². The van der Waals surface area contributed by atoms with E-state index in [0.29, 0.717) is 12.3 Å². The average Bonchev–Trinajstić information content (AvgIpc) is 2.11. The van der Waals surface area contributed by atoms with Crippen molar-refractivity contribution in [3.8, 4) is 0 Å². The zero-order valence-electron chi connectivity index (χ0n) is 11.0. The molecule has 4 saturated carbocycles. The third-order valence-electron chi connectivity index (χ3n) is 5.74. The van der Waals surface area contributed by atoms with Gasteiger partial charge in [-0.3, -0.25) is 4.79 Å². The molecule has 0 unspecified atom stereocenters. The molecule has 0 aromatic heterocycles. The monoisotopic (exact) mass is 236 g/mol. The van der Waals surface area contributed by atoms with Gasteiger partial charge in [0, 0.05) is 0 Å². The standard InChI is InChI=1S/C15H24O2/c1-15(2,8-13(16)17)14-11-4-9-3-10(6-11)7-12(14)5-9/h9-12,14H,3-8H2,1-2H3,(H,16,17). The van der Waals surface area contributed by atoms with Crippen molar-refractivity contribution in [1.82, 2.24) is 0 Å². The highest BCUT2D eigenvalue weighted by molar-refractivity contribution is 5.67. The van der Waals surface area contributed by atoms with E-state index in [2.05, 4.69) is 13.8 Å². The fourth-order valence-corrected chi connectivity index (χ4v) is 5.71. The molecule has 0 aromatic carbocycles. The van der Waals surface area contributed by atoms with Gasteiger partial charge in [0.2, 0.25) is 0 Å². The largest absolute Gasteiger partial charge is 0.481 e. The lowest BCUT2D eigenvalue weighted by molar-refractivity contribution is -0.144. The lowest BCUT2D eigenvalue weighted by atomic mass is 9.47. The topological polar surface area (TPSA) is 37.3 Å². The first-order valence-corrected chi connectivity index (χ1v) is 7.17. The van der Waals surface area contributed by atoms with Gasteiger partial charge < -0.3 is 5.11 Å². The molecule has 0 aliphatic heterocycles. The molecule has 0 aromatic rings. The Morgan fingerprint density at radius 2 is 1.53 bits per heavy atom. The first kappa shape index (κ1) is 11.6. The summed E-state index contributed by atoms with van der Waals surface area (Å²) < 4.78 is 0. The molecule has 0 atom stereocenters. The zero-order chi connectivity index (χ0) is 12.2.